The minimum atomic E-state index is -0.688. The monoisotopic (exact) mass is 281 g/mol. The van der Waals surface area contributed by atoms with Gasteiger partial charge in [-0.3, -0.25) is 9.69 Å². The number of aryl methyl sites for hydroxylation is 2. The maximum Gasteiger partial charge on any atom is 0.309 e. The van der Waals surface area contributed by atoms with Gasteiger partial charge in [0.1, 0.15) is 0 Å². The molecule has 6 heteroatoms. The van der Waals surface area contributed by atoms with Gasteiger partial charge in [-0.2, -0.15) is 5.10 Å². The van der Waals surface area contributed by atoms with Crippen molar-refractivity contribution in [2.45, 2.75) is 33.2 Å². The summed E-state index contributed by atoms with van der Waals surface area (Å²) in [5.74, 6) is 0.0985. The van der Waals surface area contributed by atoms with Gasteiger partial charge in [0.15, 0.2) is 0 Å². The van der Waals surface area contributed by atoms with Crippen LogP contribution in [-0.2, 0) is 18.4 Å². The van der Waals surface area contributed by atoms with Crippen molar-refractivity contribution < 1.29 is 14.6 Å². The molecule has 0 aromatic carbocycles. The topological polar surface area (TPSA) is 67.6 Å². The molecule has 0 unspecified atom stereocenters. The van der Waals surface area contributed by atoms with E-state index in [4.69, 9.17) is 4.74 Å². The fraction of sp³-hybridized carbons (Fsp3) is 0.714. The smallest absolute Gasteiger partial charge is 0.309 e. The van der Waals surface area contributed by atoms with Crippen LogP contribution >= 0.6 is 0 Å². The molecule has 20 heavy (non-hydrogen) atoms. The number of aliphatic carboxylic acids is 1. The number of likely N-dealkylation sites (tertiary alicyclic amines) is 1. The van der Waals surface area contributed by atoms with E-state index in [2.05, 4.69) is 10.00 Å². The molecular formula is C14H23N3O3. The van der Waals surface area contributed by atoms with Gasteiger partial charge in [0.05, 0.1) is 23.8 Å². The van der Waals surface area contributed by atoms with Crippen LogP contribution in [-0.4, -0.2) is 46.0 Å². The number of carbonyl (C=O) groups is 1. The number of ether oxygens (including phenoxy) is 1. The van der Waals surface area contributed by atoms with Crippen molar-refractivity contribution in [3.05, 3.63) is 11.3 Å². The van der Waals surface area contributed by atoms with E-state index in [0.29, 0.717) is 12.8 Å². The Kier molecular flexibility index (Phi) is 4.04. The summed E-state index contributed by atoms with van der Waals surface area (Å²) in [6.07, 6.45) is 1.37. The van der Waals surface area contributed by atoms with Crippen LogP contribution in [0.25, 0.3) is 0 Å². The summed E-state index contributed by atoms with van der Waals surface area (Å²) in [5.41, 5.74) is 1.48. The van der Waals surface area contributed by atoms with E-state index >= 15 is 0 Å². The molecule has 112 valence electrons. The molecule has 0 saturated carbocycles. The number of nitrogens with zero attached hydrogens (tertiary/aromatic N) is 3. The lowest BCUT2D eigenvalue weighted by molar-refractivity contribution is -0.150. The van der Waals surface area contributed by atoms with Crippen LogP contribution in [0.2, 0.25) is 0 Å². The van der Waals surface area contributed by atoms with Gasteiger partial charge in [-0.15, -0.1) is 0 Å². The standard InChI is InChI=1S/C14H23N3O3/c1-10-11(12(20-4)16(3)15-10)9-17-7-5-14(2,6-8-17)13(18)19/h5-9H2,1-4H3,(H,18,19). The molecule has 1 aromatic rings. The first-order chi connectivity index (χ1) is 9.37. The zero-order valence-electron chi connectivity index (χ0n) is 12.6. The van der Waals surface area contributed by atoms with Gasteiger partial charge < -0.3 is 9.84 Å². The number of carboxylic acid groups (broad SMARTS) is 1. The van der Waals surface area contributed by atoms with E-state index < -0.39 is 11.4 Å². The molecular weight excluding hydrogens is 258 g/mol. The summed E-state index contributed by atoms with van der Waals surface area (Å²) in [4.78, 5) is 13.5. The molecule has 1 saturated heterocycles. The van der Waals surface area contributed by atoms with Crippen molar-refractivity contribution in [1.29, 1.82) is 0 Å². The van der Waals surface area contributed by atoms with Crippen LogP contribution in [0.1, 0.15) is 31.0 Å². The van der Waals surface area contributed by atoms with E-state index in [0.717, 1.165) is 36.8 Å². The zero-order chi connectivity index (χ0) is 14.9. The van der Waals surface area contributed by atoms with E-state index in [-0.39, 0.29) is 0 Å². The summed E-state index contributed by atoms with van der Waals surface area (Å²) in [6, 6.07) is 0. The van der Waals surface area contributed by atoms with Crippen molar-refractivity contribution in [2.75, 3.05) is 20.2 Å². The molecule has 6 nitrogen and oxygen atoms in total. The number of hydrogen-bond donors (Lipinski definition) is 1. The van der Waals surface area contributed by atoms with E-state index in [9.17, 15) is 9.90 Å². The zero-order valence-corrected chi connectivity index (χ0v) is 12.6. The van der Waals surface area contributed by atoms with Crippen molar-refractivity contribution in [3.63, 3.8) is 0 Å². The SMILES string of the molecule is COc1c(CN2CCC(C)(C(=O)O)CC2)c(C)nn1C. The molecule has 0 atom stereocenters. The molecule has 0 spiro atoms. The lowest BCUT2D eigenvalue weighted by Gasteiger charge is -2.36. The normalized spacial score (nSPS) is 19.0. The maximum absolute atomic E-state index is 11.2. The van der Waals surface area contributed by atoms with Crippen molar-refractivity contribution in [1.82, 2.24) is 14.7 Å². The Balaban J connectivity index is 2.05. The average molecular weight is 281 g/mol. The highest BCUT2D eigenvalue weighted by molar-refractivity contribution is 5.74. The van der Waals surface area contributed by atoms with Crippen LogP contribution in [0.15, 0.2) is 0 Å². The number of carboxylic acids is 1. The van der Waals surface area contributed by atoms with Gasteiger partial charge in [-0.1, -0.05) is 0 Å². The quantitative estimate of drug-likeness (QED) is 0.904. The Hall–Kier alpha value is -1.56. The first kappa shape index (κ1) is 14.8. The number of aromatic nitrogens is 2. The van der Waals surface area contributed by atoms with Crippen LogP contribution in [0, 0.1) is 12.3 Å². The van der Waals surface area contributed by atoms with E-state index in [1.54, 1.807) is 11.8 Å². The number of hydrogen-bond acceptors (Lipinski definition) is 4. The minimum Gasteiger partial charge on any atom is -0.481 e. The third-order valence-corrected chi connectivity index (χ3v) is 4.34. The first-order valence-corrected chi connectivity index (χ1v) is 6.89. The van der Waals surface area contributed by atoms with Gasteiger partial charge in [-0.25, -0.2) is 4.68 Å². The second-order valence-electron chi connectivity index (χ2n) is 5.84. The Morgan fingerprint density at radius 2 is 2.05 bits per heavy atom. The third-order valence-electron chi connectivity index (χ3n) is 4.34. The van der Waals surface area contributed by atoms with Gasteiger partial charge in [0.25, 0.3) is 0 Å². The second-order valence-corrected chi connectivity index (χ2v) is 5.84. The Labute approximate surface area is 119 Å². The van der Waals surface area contributed by atoms with Gasteiger partial charge in [0.2, 0.25) is 5.88 Å². The lowest BCUT2D eigenvalue weighted by atomic mass is 9.80. The summed E-state index contributed by atoms with van der Waals surface area (Å²) < 4.78 is 7.14. The molecule has 1 aromatic heterocycles. The summed E-state index contributed by atoms with van der Waals surface area (Å²) in [6.45, 7) is 6.16. The fourth-order valence-electron chi connectivity index (χ4n) is 2.76. The van der Waals surface area contributed by atoms with Crippen LogP contribution in [0.4, 0.5) is 0 Å². The number of methoxy groups -OCH3 is 1. The molecule has 2 heterocycles. The first-order valence-electron chi connectivity index (χ1n) is 6.89. The Morgan fingerprint density at radius 1 is 1.45 bits per heavy atom. The Bertz CT molecular complexity index is 502. The summed E-state index contributed by atoms with van der Waals surface area (Å²) in [5, 5.41) is 13.6. The molecule has 1 N–H and O–H groups in total. The molecule has 2 rings (SSSR count). The second kappa shape index (κ2) is 5.44. The van der Waals surface area contributed by atoms with Gasteiger partial charge >= 0.3 is 5.97 Å². The summed E-state index contributed by atoms with van der Waals surface area (Å²) in [7, 11) is 3.52. The molecule has 1 aliphatic heterocycles. The van der Waals surface area contributed by atoms with Crippen molar-refractivity contribution in [3.8, 4) is 5.88 Å². The highest BCUT2D eigenvalue weighted by atomic mass is 16.5. The van der Waals surface area contributed by atoms with Crippen LogP contribution in [0.5, 0.6) is 5.88 Å². The van der Waals surface area contributed by atoms with E-state index in [1.807, 2.05) is 20.9 Å². The molecule has 0 amide bonds. The lowest BCUT2D eigenvalue weighted by Crippen LogP contribution is -2.42. The van der Waals surface area contributed by atoms with Crippen LogP contribution in [0.3, 0.4) is 0 Å². The van der Waals surface area contributed by atoms with Gasteiger partial charge in [0, 0.05) is 13.6 Å². The molecule has 0 radical (unpaired) electrons. The van der Waals surface area contributed by atoms with Crippen molar-refractivity contribution in [2.24, 2.45) is 12.5 Å². The largest absolute Gasteiger partial charge is 0.481 e. The number of piperidine rings is 1. The maximum atomic E-state index is 11.2. The minimum absolute atomic E-state index is 0.579. The summed E-state index contributed by atoms with van der Waals surface area (Å²) >= 11 is 0. The fourth-order valence-corrected chi connectivity index (χ4v) is 2.76. The van der Waals surface area contributed by atoms with Gasteiger partial charge in [-0.05, 0) is 39.8 Å². The molecule has 1 aliphatic rings. The van der Waals surface area contributed by atoms with Crippen LogP contribution < -0.4 is 4.74 Å². The predicted molar refractivity (Wildman–Crippen MR) is 74.8 cm³/mol. The third kappa shape index (κ3) is 2.65. The average Bonchev–Trinajstić information content (AvgIpc) is 2.66. The highest BCUT2D eigenvalue weighted by Gasteiger charge is 2.37. The molecule has 1 fully saturated rings. The molecule has 0 bridgehead atoms. The van der Waals surface area contributed by atoms with Crippen molar-refractivity contribution >= 4 is 5.97 Å². The molecule has 0 aliphatic carbocycles. The highest BCUT2D eigenvalue weighted by Crippen LogP contribution is 2.32. The van der Waals surface area contributed by atoms with E-state index in [1.165, 1.54) is 0 Å². The number of rotatable bonds is 4. The predicted octanol–water partition coefficient (Wildman–Crippen LogP) is 1.42. The Morgan fingerprint density at radius 3 is 2.55 bits per heavy atom.